The van der Waals surface area contributed by atoms with Gasteiger partial charge in [-0.25, -0.2) is 4.39 Å². The Labute approximate surface area is 89.9 Å². The first kappa shape index (κ1) is 10.4. The topological polar surface area (TPSA) is 29.3 Å². The maximum Gasteiger partial charge on any atom is 0.130 e. The van der Waals surface area contributed by atoms with Gasteiger partial charge in [0.1, 0.15) is 5.82 Å². The van der Waals surface area contributed by atoms with Gasteiger partial charge in [0.15, 0.2) is 0 Å². The molecular weight excluding hydrogens is 191 g/mol. The third-order valence-electron chi connectivity index (χ3n) is 2.96. The standard InChI is InChI=1S/C12H17FN2/c1-8(14)12-10(13)4-3-5-11(12)15(2)9-6-7-9/h3-5,8-9H,6-7,14H2,1-2H3/t8-/m0/s1. The summed E-state index contributed by atoms with van der Waals surface area (Å²) in [5, 5.41) is 0. The number of nitrogens with zero attached hydrogens (tertiary/aromatic N) is 1. The highest BCUT2D eigenvalue weighted by Crippen LogP contribution is 2.34. The van der Waals surface area contributed by atoms with Crippen LogP contribution >= 0.6 is 0 Å². The third-order valence-corrected chi connectivity index (χ3v) is 2.96. The van der Waals surface area contributed by atoms with E-state index in [9.17, 15) is 4.39 Å². The molecule has 0 aliphatic heterocycles. The first-order chi connectivity index (χ1) is 7.11. The van der Waals surface area contributed by atoms with Crippen LogP contribution in [-0.4, -0.2) is 13.1 Å². The van der Waals surface area contributed by atoms with Gasteiger partial charge in [0.05, 0.1) is 0 Å². The molecule has 1 aromatic rings. The predicted molar refractivity (Wildman–Crippen MR) is 60.4 cm³/mol. The molecule has 82 valence electrons. The second-order valence-electron chi connectivity index (χ2n) is 4.30. The van der Waals surface area contributed by atoms with Crippen molar-refractivity contribution in [1.82, 2.24) is 0 Å². The second-order valence-corrected chi connectivity index (χ2v) is 4.30. The fourth-order valence-electron chi connectivity index (χ4n) is 1.94. The van der Waals surface area contributed by atoms with E-state index in [4.69, 9.17) is 5.73 Å². The molecule has 1 aliphatic carbocycles. The van der Waals surface area contributed by atoms with Crippen molar-refractivity contribution < 1.29 is 4.39 Å². The summed E-state index contributed by atoms with van der Waals surface area (Å²) in [4.78, 5) is 2.14. The van der Waals surface area contributed by atoms with Crippen LogP contribution in [0.2, 0.25) is 0 Å². The molecular formula is C12H17FN2. The van der Waals surface area contributed by atoms with Gasteiger partial charge < -0.3 is 10.6 Å². The van der Waals surface area contributed by atoms with Gasteiger partial charge in [0.25, 0.3) is 0 Å². The van der Waals surface area contributed by atoms with E-state index in [0.717, 1.165) is 5.69 Å². The van der Waals surface area contributed by atoms with Crippen molar-refractivity contribution >= 4 is 5.69 Å². The lowest BCUT2D eigenvalue weighted by atomic mass is 10.1. The summed E-state index contributed by atoms with van der Waals surface area (Å²) < 4.78 is 13.6. The molecule has 0 bridgehead atoms. The average molecular weight is 208 g/mol. The van der Waals surface area contributed by atoms with E-state index >= 15 is 0 Å². The number of halogens is 1. The number of rotatable bonds is 3. The molecule has 2 N–H and O–H groups in total. The Hall–Kier alpha value is -1.09. The maximum absolute atomic E-state index is 13.6. The Kier molecular flexibility index (Phi) is 2.65. The van der Waals surface area contributed by atoms with E-state index in [1.807, 2.05) is 20.0 Å². The molecule has 2 nitrogen and oxygen atoms in total. The van der Waals surface area contributed by atoms with Gasteiger partial charge in [-0.2, -0.15) is 0 Å². The molecule has 0 radical (unpaired) electrons. The largest absolute Gasteiger partial charge is 0.371 e. The highest BCUT2D eigenvalue weighted by molar-refractivity contribution is 5.56. The van der Waals surface area contributed by atoms with Crippen molar-refractivity contribution in [2.24, 2.45) is 5.73 Å². The van der Waals surface area contributed by atoms with E-state index in [-0.39, 0.29) is 11.9 Å². The summed E-state index contributed by atoms with van der Waals surface area (Å²) in [6.07, 6.45) is 2.40. The Morgan fingerprint density at radius 1 is 1.47 bits per heavy atom. The molecule has 0 heterocycles. The average Bonchev–Trinajstić information content (AvgIpc) is 2.98. The molecule has 1 aliphatic rings. The zero-order chi connectivity index (χ0) is 11.0. The van der Waals surface area contributed by atoms with Crippen LogP contribution in [0.3, 0.4) is 0 Å². The van der Waals surface area contributed by atoms with Crippen LogP contribution in [0.15, 0.2) is 18.2 Å². The van der Waals surface area contributed by atoms with E-state index in [0.29, 0.717) is 11.6 Å². The van der Waals surface area contributed by atoms with Crippen LogP contribution < -0.4 is 10.6 Å². The van der Waals surface area contributed by atoms with Gasteiger partial charge in [0.2, 0.25) is 0 Å². The zero-order valence-corrected chi connectivity index (χ0v) is 9.20. The van der Waals surface area contributed by atoms with Gasteiger partial charge >= 0.3 is 0 Å². The van der Waals surface area contributed by atoms with Gasteiger partial charge in [-0.1, -0.05) is 6.07 Å². The fraction of sp³-hybridized carbons (Fsp3) is 0.500. The lowest BCUT2D eigenvalue weighted by Crippen LogP contribution is -2.23. The molecule has 0 amide bonds. The molecule has 1 saturated carbocycles. The van der Waals surface area contributed by atoms with Crippen molar-refractivity contribution in [3.63, 3.8) is 0 Å². The quantitative estimate of drug-likeness (QED) is 0.826. The van der Waals surface area contributed by atoms with E-state index < -0.39 is 0 Å². The number of benzene rings is 1. The van der Waals surface area contributed by atoms with Gasteiger partial charge in [-0.3, -0.25) is 0 Å². The summed E-state index contributed by atoms with van der Waals surface area (Å²) in [5.41, 5.74) is 7.38. The first-order valence-corrected chi connectivity index (χ1v) is 5.38. The van der Waals surface area contributed by atoms with Crippen LogP contribution in [0.5, 0.6) is 0 Å². The van der Waals surface area contributed by atoms with Gasteiger partial charge in [-0.15, -0.1) is 0 Å². The molecule has 0 unspecified atom stereocenters. The Balaban J connectivity index is 2.40. The monoisotopic (exact) mass is 208 g/mol. The SMILES string of the molecule is C[C@H](N)c1c(F)cccc1N(C)C1CC1. The normalized spacial score (nSPS) is 17.6. The zero-order valence-electron chi connectivity index (χ0n) is 9.20. The van der Waals surface area contributed by atoms with Crippen LogP contribution in [-0.2, 0) is 0 Å². The highest BCUT2D eigenvalue weighted by atomic mass is 19.1. The molecule has 0 aromatic heterocycles. The molecule has 1 fully saturated rings. The van der Waals surface area contributed by atoms with Crippen molar-refractivity contribution in [2.75, 3.05) is 11.9 Å². The summed E-state index contributed by atoms with van der Waals surface area (Å²) in [6.45, 7) is 1.82. The number of nitrogens with two attached hydrogens (primary N) is 1. The molecule has 3 heteroatoms. The fourth-order valence-corrected chi connectivity index (χ4v) is 1.94. The minimum Gasteiger partial charge on any atom is -0.371 e. The van der Waals surface area contributed by atoms with Crippen molar-refractivity contribution in [2.45, 2.75) is 31.8 Å². The number of hydrogen-bond acceptors (Lipinski definition) is 2. The van der Waals surface area contributed by atoms with Crippen LogP contribution in [0.4, 0.5) is 10.1 Å². The number of hydrogen-bond donors (Lipinski definition) is 1. The van der Waals surface area contributed by atoms with Gasteiger partial charge in [0, 0.05) is 30.4 Å². The highest BCUT2D eigenvalue weighted by Gasteiger charge is 2.28. The molecule has 15 heavy (non-hydrogen) atoms. The second kappa shape index (κ2) is 3.81. The Morgan fingerprint density at radius 2 is 2.13 bits per heavy atom. The lowest BCUT2D eigenvalue weighted by Gasteiger charge is -2.24. The molecule has 1 aromatic carbocycles. The Morgan fingerprint density at radius 3 is 2.67 bits per heavy atom. The molecule has 0 spiro atoms. The number of anilines is 1. The maximum atomic E-state index is 13.6. The molecule has 0 saturated heterocycles. The predicted octanol–water partition coefficient (Wildman–Crippen LogP) is 2.44. The minimum absolute atomic E-state index is 0.199. The molecule has 1 atom stereocenters. The first-order valence-electron chi connectivity index (χ1n) is 5.38. The third kappa shape index (κ3) is 1.97. The molecule has 2 rings (SSSR count). The summed E-state index contributed by atoms with van der Waals surface area (Å²) in [7, 11) is 2.01. The van der Waals surface area contributed by atoms with Crippen LogP contribution in [0, 0.1) is 5.82 Å². The Bertz CT molecular complexity index is 359. The van der Waals surface area contributed by atoms with Crippen molar-refractivity contribution in [3.8, 4) is 0 Å². The lowest BCUT2D eigenvalue weighted by molar-refractivity contribution is 0.592. The van der Waals surface area contributed by atoms with Crippen LogP contribution in [0.25, 0.3) is 0 Å². The van der Waals surface area contributed by atoms with Gasteiger partial charge in [-0.05, 0) is 31.9 Å². The smallest absolute Gasteiger partial charge is 0.130 e. The van der Waals surface area contributed by atoms with Crippen molar-refractivity contribution in [3.05, 3.63) is 29.6 Å². The van der Waals surface area contributed by atoms with E-state index in [2.05, 4.69) is 4.90 Å². The summed E-state index contributed by atoms with van der Waals surface area (Å²) in [5.74, 6) is -0.199. The summed E-state index contributed by atoms with van der Waals surface area (Å²) >= 11 is 0. The minimum atomic E-state index is -0.262. The van der Waals surface area contributed by atoms with Crippen molar-refractivity contribution in [1.29, 1.82) is 0 Å². The van der Waals surface area contributed by atoms with Crippen LogP contribution in [0.1, 0.15) is 31.4 Å². The summed E-state index contributed by atoms with van der Waals surface area (Å²) in [6, 6.07) is 5.48. The van der Waals surface area contributed by atoms with E-state index in [1.165, 1.54) is 18.9 Å². The van der Waals surface area contributed by atoms with E-state index in [1.54, 1.807) is 6.07 Å².